The smallest absolute Gasteiger partial charge is 0.132 e. The Morgan fingerprint density at radius 1 is 1.56 bits per heavy atom. The maximum atomic E-state index is 5.68. The van der Waals surface area contributed by atoms with Gasteiger partial charge < -0.3 is 15.0 Å². The van der Waals surface area contributed by atoms with E-state index in [1.807, 2.05) is 12.3 Å². The van der Waals surface area contributed by atoms with Crippen molar-refractivity contribution in [2.24, 2.45) is 0 Å². The summed E-state index contributed by atoms with van der Waals surface area (Å²) in [7, 11) is 2.10. The second-order valence-corrected chi connectivity index (χ2v) is 4.78. The minimum atomic E-state index is 0.365. The van der Waals surface area contributed by atoms with Gasteiger partial charge in [-0.15, -0.1) is 0 Å². The molecule has 1 aliphatic heterocycles. The number of pyridine rings is 1. The summed E-state index contributed by atoms with van der Waals surface area (Å²) in [5, 5.41) is 3.36. The third-order valence-corrected chi connectivity index (χ3v) is 3.30. The summed E-state index contributed by atoms with van der Waals surface area (Å²) in [5.41, 5.74) is 1.25. The Bertz CT molecular complexity index is 364. The van der Waals surface area contributed by atoms with Crippen LogP contribution in [-0.4, -0.2) is 37.8 Å². The van der Waals surface area contributed by atoms with Crippen LogP contribution in [0.25, 0.3) is 0 Å². The summed E-state index contributed by atoms with van der Waals surface area (Å²) < 4.78 is 5.68. The minimum absolute atomic E-state index is 0.365. The van der Waals surface area contributed by atoms with E-state index in [0.29, 0.717) is 6.10 Å². The molecule has 0 bridgehead atoms. The van der Waals surface area contributed by atoms with E-state index < -0.39 is 0 Å². The average molecular weight is 249 g/mol. The maximum Gasteiger partial charge on any atom is 0.132 e. The summed E-state index contributed by atoms with van der Waals surface area (Å²) >= 11 is 0. The predicted molar refractivity (Wildman–Crippen MR) is 73.9 cm³/mol. The van der Waals surface area contributed by atoms with E-state index in [1.54, 1.807) is 0 Å². The monoisotopic (exact) mass is 249 g/mol. The lowest BCUT2D eigenvalue weighted by Gasteiger charge is -2.24. The zero-order chi connectivity index (χ0) is 12.8. The maximum absolute atomic E-state index is 5.68. The van der Waals surface area contributed by atoms with Crippen molar-refractivity contribution in [3.63, 3.8) is 0 Å². The van der Waals surface area contributed by atoms with Gasteiger partial charge in [0.15, 0.2) is 0 Å². The van der Waals surface area contributed by atoms with Crippen molar-refractivity contribution in [3.05, 3.63) is 23.9 Å². The molecule has 1 fully saturated rings. The van der Waals surface area contributed by atoms with Gasteiger partial charge in [-0.25, -0.2) is 4.98 Å². The van der Waals surface area contributed by atoms with Crippen LogP contribution in [0.5, 0.6) is 0 Å². The SMILES string of the molecule is CCNCc1cccnc1N(C)CC1CCCO1. The molecule has 0 amide bonds. The highest BCUT2D eigenvalue weighted by molar-refractivity contribution is 5.46. The predicted octanol–water partition coefficient (Wildman–Crippen LogP) is 1.81. The Kier molecular flexibility index (Phi) is 4.96. The van der Waals surface area contributed by atoms with Crippen LogP contribution in [0.2, 0.25) is 0 Å². The van der Waals surface area contributed by atoms with E-state index in [9.17, 15) is 0 Å². The standard InChI is InChI=1S/C14H23N3O/c1-3-15-10-12-6-4-8-16-14(12)17(2)11-13-7-5-9-18-13/h4,6,8,13,15H,3,5,7,9-11H2,1-2H3. The van der Waals surface area contributed by atoms with Crippen molar-refractivity contribution in [1.29, 1.82) is 0 Å². The number of anilines is 1. The Morgan fingerprint density at radius 3 is 3.17 bits per heavy atom. The first-order chi connectivity index (χ1) is 8.81. The fourth-order valence-corrected chi connectivity index (χ4v) is 2.35. The highest BCUT2D eigenvalue weighted by Crippen LogP contribution is 2.19. The van der Waals surface area contributed by atoms with Crippen LogP contribution in [0.1, 0.15) is 25.3 Å². The first-order valence-corrected chi connectivity index (χ1v) is 6.78. The lowest BCUT2D eigenvalue weighted by atomic mass is 10.2. The molecule has 2 heterocycles. The molecule has 1 aliphatic rings. The van der Waals surface area contributed by atoms with E-state index >= 15 is 0 Å². The summed E-state index contributed by atoms with van der Waals surface area (Å²) in [5.74, 6) is 1.06. The van der Waals surface area contributed by atoms with E-state index in [-0.39, 0.29) is 0 Å². The zero-order valence-corrected chi connectivity index (χ0v) is 11.4. The lowest BCUT2D eigenvalue weighted by Crippen LogP contribution is -2.30. The van der Waals surface area contributed by atoms with Gasteiger partial charge in [0.05, 0.1) is 6.10 Å². The topological polar surface area (TPSA) is 37.4 Å². The molecule has 4 nitrogen and oxygen atoms in total. The van der Waals surface area contributed by atoms with E-state index in [2.05, 4.69) is 35.2 Å². The van der Waals surface area contributed by atoms with Crippen LogP contribution >= 0.6 is 0 Å². The molecule has 1 unspecified atom stereocenters. The van der Waals surface area contributed by atoms with Gasteiger partial charge in [0.2, 0.25) is 0 Å². The summed E-state index contributed by atoms with van der Waals surface area (Å²) in [4.78, 5) is 6.71. The highest BCUT2D eigenvalue weighted by Gasteiger charge is 2.19. The number of likely N-dealkylation sites (N-methyl/N-ethyl adjacent to an activating group) is 1. The average Bonchev–Trinajstić information content (AvgIpc) is 2.89. The zero-order valence-electron chi connectivity index (χ0n) is 11.4. The van der Waals surface area contributed by atoms with Gasteiger partial charge in [-0.1, -0.05) is 13.0 Å². The molecular weight excluding hydrogens is 226 g/mol. The molecule has 4 heteroatoms. The number of nitrogens with zero attached hydrogens (tertiary/aromatic N) is 2. The lowest BCUT2D eigenvalue weighted by molar-refractivity contribution is 0.116. The Hall–Kier alpha value is -1.13. The molecule has 1 N–H and O–H groups in total. The number of ether oxygens (including phenoxy) is 1. The Morgan fingerprint density at radius 2 is 2.44 bits per heavy atom. The molecule has 1 atom stereocenters. The molecule has 0 radical (unpaired) electrons. The van der Waals surface area contributed by atoms with Crippen LogP contribution < -0.4 is 10.2 Å². The Balaban J connectivity index is 2.00. The molecule has 1 saturated heterocycles. The molecular formula is C14H23N3O. The number of hydrogen-bond donors (Lipinski definition) is 1. The third kappa shape index (κ3) is 3.43. The molecule has 2 rings (SSSR count). The number of rotatable bonds is 6. The summed E-state index contributed by atoms with van der Waals surface area (Å²) in [6.45, 7) is 5.80. The van der Waals surface area contributed by atoms with Crippen LogP contribution in [0.4, 0.5) is 5.82 Å². The fraction of sp³-hybridized carbons (Fsp3) is 0.643. The van der Waals surface area contributed by atoms with Crippen LogP contribution in [-0.2, 0) is 11.3 Å². The largest absolute Gasteiger partial charge is 0.376 e. The quantitative estimate of drug-likeness (QED) is 0.834. The minimum Gasteiger partial charge on any atom is -0.376 e. The second-order valence-electron chi connectivity index (χ2n) is 4.78. The van der Waals surface area contributed by atoms with Crippen molar-refractivity contribution in [3.8, 4) is 0 Å². The van der Waals surface area contributed by atoms with Gasteiger partial charge in [-0.3, -0.25) is 0 Å². The van der Waals surface area contributed by atoms with Crippen LogP contribution in [0, 0.1) is 0 Å². The van der Waals surface area contributed by atoms with E-state index in [0.717, 1.165) is 32.1 Å². The van der Waals surface area contributed by atoms with Gasteiger partial charge in [-0.05, 0) is 25.5 Å². The molecule has 0 spiro atoms. The van der Waals surface area contributed by atoms with Crippen molar-refractivity contribution in [2.75, 3.05) is 31.6 Å². The summed E-state index contributed by atoms with van der Waals surface area (Å²) in [6.07, 6.45) is 4.57. The number of hydrogen-bond acceptors (Lipinski definition) is 4. The van der Waals surface area contributed by atoms with Crippen molar-refractivity contribution >= 4 is 5.82 Å². The third-order valence-electron chi connectivity index (χ3n) is 3.30. The molecule has 0 aromatic carbocycles. The number of aromatic nitrogens is 1. The van der Waals surface area contributed by atoms with E-state index in [4.69, 9.17) is 4.74 Å². The molecule has 0 aliphatic carbocycles. The fourth-order valence-electron chi connectivity index (χ4n) is 2.35. The van der Waals surface area contributed by atoms with E-state index in [1.165, 1.54) is 18.4 Å². The Labute approximate surface area is 109 Å². The normalized spacial score (nSPS) is 19.1. The van der Waals surface area contributed by atoms with Crippen LogP contribution in [0.15, 0.2) is 18.3 Å². The van der Waals surface area contributed by atoms with Gasteiger partial charge >= 0.3 is 0 Å². The van der Waals surface area contributed by atoms with Gasteiger partial charge in [-0.2, -0.15) is 0 Å². The number of nitrogens with one attached hydrogen (secondary N) is 1. The van der Waals surface area contributed by atoms with Crippen molar-refractivity contribution < 1.29 is 4.74 Å². The first kappa shape index (κ1) is 13.3. The molecule has 0 saturated carbocycles. The van der Waals surface area contributed by atoms with Gasteiger partial charge in [0, 0.05) is 38.5 Å². The molecule has 100 valence electrons. The highest BCUT2D eigenvalue weighted by atomic mass is 16.5. The molecule has 1 aromatic heterocycles. The summed E-state index contributed by atoms with van der Waals surface area (Å²) in [6, 6.07) is 4.13. The van der Waals surface area contributed by atoms with Gasteiger partial charge in [0.25, 0.3) is 0 Å². The molecule has 18 heavy (non-hydrogen) atoms. The molecule has 1 aromatic rings. The van der Waals surface area contributed by atoms with Crippen molar-refractivity contribution in [2.45, 2.75) is 32.4 Å². The second kappa shape index (κ2) is 6.71. The van der Waals surface area contributed by atoms with Crippen LogP contribution in [0.3, 0.4) is 0 Å². The van der Waals surface area contributed by atoms with Gasteiger partial charge in [0.1, 0.15) is 5.82 Å². The van der Waals surface area contributed by atoms with Crippen molar-refractivity contribution in [1.82, 2.24) is 10.3 Å². The first-order valence-electron chi connectivity index (χ1n) is 6.78.